The lowest BCUT2D eigenvalue weighted by Gasteiger charge is -2.35. The Labute approximate surface area is 155 Å². The third-order valence-electron chi connectivity index (χ3n) is 4.08. The molecule has 1 saturated heterocycles. The van der Waals surface area contributed by atoms with Gasteiger partial charge in [0.1, 0.15) is 6.54 Å². The first-order chi connectivity index (χ1) is 12.4. The van der Waals surface area contributed by atoms with Crippen molar-refractivity contribution in [2.75, 3.05) is 24.5 Å². The number of H-pyrrole nitrogens is 1. The molecule has 1 fully saturated rings. The molecular formula is C18H20N4O3S. The van der Waals surface area contributed by atoms with Gasteiger partial charge in [0.15, 0.2) is 5.16 Å². The van der Waals surface area contributed by atoms with E-state index in [9.17, 15) is 14.4 Å². The number of amides is 2. The van der Waals surface area contributed by atoms with Gasteiger partial charge in [-0.2, -0.15) is 0 Å². The fraction of sp³-hybridized carbons (Fsp3) is 0.333. The van der Waals surface area contributed by atoms with Gasteiger partial charge in [-0.1, -0.05) is 30.0 Å². The van der Waals surface area contributed by atoms with Gasteiger partial charge in [-0.3, -0.25) is 14.4 Å². The lowest BCUT2D eigenvalue weighted by molar-refractivity contribution is -0.136. The third kappa shape index (κ3) is 4.13. The number of hydrogen-bond donors (Lipinski definition) is 1. The number of aromatic nitrogens is 2. The molecule has 1 N–H and O–H groups in total. The number of carbonyl (C=O) groups is 2. The van der Waals surface area contributed by atoms with Crippen molar-refractivity contribution < 1.29 is 9.59 Å². The van der Waals surface area contributed by atoms with Crippen LogP contribution in [-0.4, -0.2) is 51.6 Å². The van der Waals surface area contributed by atoms with E-state index in [4.69, 9.17) is 0 Å². The maximum absolute atomic E-state index is 12.7. The van der Waals surface area contributed by atoms with Crippen LogP contribution in [0.3, 0.4) is 0 Å². The number of para-hydroxylation sites is 1. The van der Waals surface area contributed by atoms with Crippen molar-refractivity contribution in [2.24, 2.45) is 0 Å². The van der Waals surface area contributed by atoms with E-state index in [0.717, 1.165) is 5.69 Å². The number of rotatable bonds is 4. The number of carbonyl (C=O) groups excluding carboxylic acids is 2. The number of hydrogen-bond acceptors (Lipinski definition) is 5. The van der Waals surface area contributed by atoms with Crippen molar-refractivity contribution in [3.8, 4) is 0 Å². The zero-order chi connectivity index (χ0) is 18.7. The zero-order valence-electron chi connectivity index (χ0n) is 14.6. The van der Waals surface area contributed by atoms with Crippen LogP contribution in [0.5, 0.6) is 0 Å². The standard InChI is InChI=1S/C18H20N4O3S/c1-12-10-15(23)20-18(19-12)26-13(2)17(25)21-8-9-22(16(24)11-21)14-6-4-3-5-7-14/h3-7,10,13H,8-9,11H2,1-2H3,(H,19,20,23)/t13-/m0/s1. The van der Waals surface area contributed by atoms with E-state index in [-0.39, 0.29) is 23.9 Å². The summed E-state index contributed by atoms with van der Waals surface area (Å²) in [5.74, 6) is -0.240. The second-order valence-electron chi connectivity index (χ2n) is 6.09. The number of aryl methyl sites for hydroxylation is 1. The van der Waals surface area contributed by atoms with Crippen LogP contribution in [0, 0.1) is 6.92 Å². The number of nitrogens with zero attached hydrogens (tertiary/aromatic N) is 3. The number of piperazine rings is 1. The number of thioether (sulfide) groups is 1. The van der Waals surface area contributed by atoms with E-state index in [0.29, 0.717) is 23.9 Å². The molecule has 1 aromatic carbocycles. The molecule has 2 heterocycles. The molecular weight excluding hydrogens is 352 g/mol. The second-order valence-corrected chi connectivity index (χ2v) is 7.42. The van der Waals surface area contributed by atoms with Crippen molar-refractivity contribution in [1.82, 2.24) is 14.9 Å². The third-order valence-corrected chi connectivity index (χ3v) is 5.06. The Hall–Kier alpha value is -2.61. The highest BCUT2D eigenvalue weighted by Crippen LogP contribution is 2.22. The summed E-state index contributed by atoms with van der Waals surface area (Å²) in [7, 11) is 0. The fourth-order valence-corrected chi connectivity index (χ4v) is 3.77. The molecule has 2 amide bonds. The minimum atomic E-state index is -0.448. The molecule has 136 valence electrons. The Bertz CT molecular complexity index is 868. The highest BCUT2D eigenvalue weighted by atomic mass is 32.2. The highest BCUT2D eigenvalue weighted by Gasteiger charge is 2.30. The Kier molecular flexibility index (Phi) is 5.41. The SMILES string of the molecule is Cc1cc(=O)[nH]c(S[C@@H](C)C(=O)N2CCN(c3ccccc3)C(=O)C2)n1. The molecule has 2 aromatic rings. The molecule has 8 heteroatoms. The maximum atomic E-state index is 12.7. The summed E-state index contributed by atoms with van der Waals surface area (Å²) < 4.78 is 0. The lowest BCUT2D eigenvalue weighted by atomic mass is 10.2. The molecule has 0 bridgehead atoms. The molecule has 0 aliphatic carbocycles. The summed E-state index contributed by atoms with van der Waals surface area (Å²) >= 11 is 1.19. The van der Waals surface area contributed by atoms with E-state index < -0.39 is 5.25 Å². The van der Waals surface area contributed by atoms with E-state index in [1.54, 1.807) is 23.6 Å². The maximum Gasteiger partial charge on any atom is 0.251 e. The summed E-state index contributed by atoms with van der Waals surface area (Å²) in [4.78, 5) is 46.8. The molecule has 1 aliphatic heterocycles. The number of benzene rings is 1. The summed E-state index contributed by atoms with van der Waals surface area (Å²) in [5.41, 5.74) is 1.20. The van der Waals surface area contributed by atoms with E-state index in [1.165, 1.54) is 17.8 Å². The first kappa shape index (κ1) is 18.2. The Morgan fingerprint density at radius 2 is 1.96 bits per heavy atom. The van der Waals surface area contributed by atoms with Gasteiger partial charge in [0.25, 0.3) is 5.56 Å². The van der Waals surface area contributed by atoms with Crippen molar-refractivity contribution in [3.63, 3.8) is 0 Å². The molecule has 0 radical (unpaired) electrons. The topological polar surface area (TPSA) is 86.4 Å². The number of aromatic amines is 1. The summed E-state index contributed by atoms with van der Waals surface area (Å²) in [6.45, 7) is 4.47. The van der Waals surface area contributed by atoms with Crippen LogP contribution in [0.1, 0.15) is 12.6 Å². The Morgan fingerprint density at radius 3 is 2.62 bits per heavy atom. The summed E-state index contributed by atoms with van der Waals surface area (Å²) in [6, 6.07) is 10.8. The van der Waals surface area contributed by atoms with Crippen LogP contribution < -0.4 is 10.5 Å². The van der Waals surface area contributed by atoms with Gasteiger partial charge < -0.3 is 14.8 Å². The fourth-order valence-electron chi connectivity index (χ4n) is 2.82. The van der Waals surface area contributed by atoms with Gasteiger partial charge in [-0.15, -0.1) is 0 Å². The van der Waals surface area contributed by atoms with Crippen molar-refractivity contribution in [1.29, 1.82) is 0 Å². The molecule has 0 spiro atoms. The molecule has 0 saturated carbocycles. The van der Waals surface area contributed by atoms with Gasteiger partial charge >= 0.3 is 0 Å². The van der Waals surface area contributed by atoms with Gasteiger partial charge in [0.05, 0.1) is 5.25 Å². The Balaban J connectivity index is 1.63. The molecule has 1 atom stereocenters. The number of nitrogens with one attached hydrogen (secondary N) is 1. The minimum Gasteiger partial charge on any atom is -0.331 e. The van der Waals surface area contributed by atoms with Crippen molar-refractivity contribution in [3.05, 3.63) is 52.4 Å². The summed E-state index contributed by atoms with van der Waals surface area (Å²) in [5, 5.41) is -0.0406. The Morgan fingerprint density at radius 1 is 1.23 bits per heavy atom. The molecule has 1 aromatic heterocycles. The van der Waals surface area contributed by atoms with Gasteiger partial charge in [0.2, 0.25) is 11.8 Å². The van der Waals surface area contributed by atoms with Crippen molar-refractivity contribution in [2.45, 2.75) is 24.3 Å². The molecule has 3 rings (SSSR count). The van der Waals surface area contributed by atoms with Crippen LogP contribution >= 0.6 is 11.8 Å². The lowest BCUT2D eigenvalue weighted by Crippen LogP contribution is -2.54. The number of anilines is 1. The molecule has 26 heavy (non-hydrogen) atoms. The van der Waals surface area contributed by atoms with Crippen LogP contribution in [0.15, 0.2) is 46.3 Å². The monoisotopic (exact) mass is 372 g/mol. The first-order valence-corrected chi connectivity index (χ1v) is 9.21. The van der Waals surface area contributed by atoms with Gasteiger partial charge in [-0.05, 0) is 26.0 Å². The van der Waals surface area contributed by atoms with Crippen LogP contribution in [0.2, 0.25) is 0 Å². The molecule has 7 nitrogen and oxygen atoms in total. The first-order valence-electron chi connectivity index (χ1n) is 8.33. The summed E-state index contributed by atoms with van der Waals surface area (Å²) in [6.07, 6.45) is 0. The predicted molar refractivity (Wildman–Crippen MR) is 100 cm³/mol. The average molecular weight is 372 g/mol. The van der Waals surface area contributed by atoms with Gasteiger partial charge in [-0.25, -0.2) is 4.98 Å². The van der Waals surface area contributed by atoms with Gasteiger partial charge in [0, 0.05) is 30.5 Å². The quantitative estimate of drug-likeness (QED) is 0.648. The van der Waals surface area contributed by atoms with Crippen LogP contribution in [0.4, 0.5) is 5.69 Å². The average Bonchev–Trinajstić information content (AvgIpc) is 2.60. The zero-order valence-corrected chi connectivity index (χ0v) is 15.5. The second kappa shape index (κ2) is 7.74. The van der Waals surface area contributed by atoms with Crippen molar-refractivity contribution >= 4 is 29.3 Å². The minimum absolute atomic E-state index is 0.0520. The molecule has 0 unspecified atom stereocenters. The van der Waals surface area contributed by atoms with Crippen LogP contribution in [-0.2, 0) is 9.59 Å². The normalized spacial score (nSPS) is 15.8. The molecule has 1 aliphatic rings. The largest absolute Gasteiger partial charge is 0.331 e. The smallest absolute Gasteiger partial charge is 0.251 e. The van der Waals surface area contributed by atoms with E-state index >= 15 is 0 Å². The predicted octanol–water partition coefficient (Wildman–Crippen LogP) is 1.43. The van der Waals surface area contributed by atoms with Crippen LogP contribution in [0.25, 0.3) is 0 Å². The highest BCUT2D eigenvalue weighted by molar-refractivity contribution is 8.00. The van der Waals surface area contributed by atoms with E-state index in [2.05, 4.69) is 9.97 Å². The van der Waals surface area contributed by atoms with E-state index in [1.807, 2.05) is 30.3 Å².